The van der Waals surface area contributed by atoms with E-state index in [1.807, 2.05) is 18.3 Å². The molecule has 0 N–H and O–H groups in total. The number of ether oxygens (including phenoxy) is 1. The molecule has 0 bridgehead atoms. The molecule has 4 heterocycles. The maximum absolute atomic E-state index is 14.4. The summed E-state index contributed by atoms with van der Waals surface area (Å²) < 4.78 is 26.2. The summed E-state index contributed by atoms with van der Waals surface area (Å²) in [7, 11) is 0. The number of halogens is 1. The number of pyridine rings is 1. The number of hydrogen-bond acceptors (Lipinski definition) is 4. The van der Waals surface area contributed by atoms with Crippen molar-refractivity contribution in [1.82, 2.24) is 14.1 Å². The van der Waals surface area contributed by atoms with E-state index in [0.717, 1.165) is 84.0 Å². The average Bonchev–Trinajstić information content (AvgIpc) is 4.01. The predicted octanol–water partition coefficient (Wildman–Crippen LogP) is 16.7. The molecule has 1 aliphatic heterocycles. The summed E-state index contributed by atoms with van der Waals surface area (Å²) in [5, 5.41) is 4.66. The molecule has 0 fully saturated rings. The lowest BCUT2D eigenvalue weighted by atomic mass is 9.83. The molecule has 8 aromatic carbocycles. The van der Waals surface area contributed by atoms with Gasteiger partial charge in [0.15, 0.2) is 0 Å². The second-order valence-corrected chi connectivity index (χ2v) is 20.3. The van der Waals surface area contributed by atoms with Crippen molar-refractivity contribution in [1.29, 1.82) is 0 Å². The Hall–Kier alpha value is -8.16. The van der Waals surface area contributed by atoms with Crippen LogP contribution in [0.1, 0.15) is 52.7 Å². The third kappa shape index (κ3) is 7.19. The quantitative estimate of drug-likeness (QED) is 0.160. The highest BCUT2D eigenvalue weighted by Crippen LogP contribution is 2.51. The van der Waals surface area contributed by atoms with Crippen molar-refractivity contribution >= 4 is 66.4 Å². The molecule has 12 rings (SSSR count). The van der Waals surface area contributed by atoms with Crippen LogP contribution < -0.4 is 14.5 Å². The van der Waals surface area contributed by atoms with Crippen molar-refractivity contribution in [3.05, 3.63) is 211 Å². The normalized spacial score (nSPS) is 13.0. The fourth-order valence-corrected chi connectivity index (χ4v) is 10.4. The van der Waals surface area contributed by atoms with Gasteiger partial charge in [-0.15, -0.1) is 0 Å². The summed E-state index contributed by atoms with van der Waals surface area (Å²) in [6.45, 7) is 14.0. The Bertz CT molecular complexity index is 3740. The van der Waals surface area contributed by atoms with Crippen molar-refractivity contribution in [3.8, 4) is 34.1 Å². The number of para-hydroxylation sites is 6. The summed E-state index contributed by atoms with van der Waals surface area (Å²) in [4.78, 5) is 9.76. The van der Waals surface area contributed by atoms with Crippen LogP contribution in [0.15, 0.2) is 194 Å². The van der Waals surface area contributed by atoms with Gasteiger partial charge >= 0.3 is 0 Å². The minimum Gasteiger partial charge on any atom is -0.457 e. The molecule has 338 valence electrons. The molecule has 0 unspecified atom stereocenters. The van der Waals surface area contributed by atoms with Gasteiger partial charge in [0.2, 0.25) is 0 Å². The highest BCUT2D eigenvalue weighted by molar-refractivity contribution is 6.10. The summed E-state index contributed by atoms with van der Waals surface area (Å²) in [5.74, 6) is 2.04. The number of aromatic nitrogens is 3. The largest absolute Gasteiger partial charge is 0.457 e. The zero-order chi connectivity index (χ0) is 47.2. The molecule has 0 spiro atoms. The number of anilines is 4. The highest BCUT2D eigenvalue weighted by atomic mass is 19.1. The van der Waals surface area contributed by atoms with Crippen LogP contribution in [-0.4, -0.2) is 20.8 Å². The van der Waals surface area contributed by atoms with Crippen molar-refractivity contribution in [2.24, 2.45) is 0 Å². The monoisotopic (exact) mass is 901 g/mol. The van der Waals surface area contributed by atoms with Gasteiger partial charge in [0.1, 0.15) is 29.8 Å². The first-order chi connectivity index (χ1) is 33.4. The van der Waals surface area contributed by atoms with Gasteiger partial charge in [-0.1, -0.05) is 139 Å². The van der Waals surface area contributed by atoms with Gasteiger partial charge in [-0.2, -0.15) is 0 Å². The number of hydrogen-bond donors (Lipinski definition) is 0. The maximum atomic E-state index is 14.4. The Kier molecular flexibility index (Phi) is 9.78. The van der Waals surface area contributed by atoms with Gasteiger partial charge in [0.25, 0.3) is 0 Å². The standard InChI is InChI=1S/C62H52FN5O/c1-61(2,3)41-32-33-64-59(34-41)68-55-23-12-9-18-50(55)51-31-30-45(38-58(51)68)69-46-36-43(35-44(37-46)67-53-21-10-7-16-48(53)49-17-8-11-22-54(49)67)65-39-66(57-25-14-13-24-56(57)65)60-47(40-26-28-42(63)29-27-40)19-15-20-52(60)62(4,5)6/h7-38H,39H2,1-6H3. The van der Waals surface area contributed by atoms with E-state index in [9.17, 15) is 4.39 Å². The number of rotatable bonds is 7. The molecule has 0 saturated heterocycles. The summed E-state index contributed by atoms with van der Waals surface area (Å²) in [5.41, 5.74) is 13.8. The molecule has 0 saturated carbocycles. The predicted molar refractivity (Wildman–Crippen MR) is 284 cm³/mol. The van der Waals surface area contributed by atoms with E-state index < -0.39 is 0 Å². The second-order valence-electron chi connectivity index (χ2n) is 20.3. The molecule has 69 heavy (non-hydrogen) atoms. The molecule has 0 amide bonds. The third-order valence-electron chi connectivity index (χ3n) is 13.8. The lowest BCUT2D eigenvalue weighted by Crippen LogP contribution is -2.27. The first-order valence-corrected chi connectivity index (χ1v) is 23.7. The SMILES string of the molecule is CC(C)(C)c1ccnc(-n2c3ccccc3c3ccc(Oc4cc(N5CN(c6c(-c7ccc(F)cc7)cccc6C(C)(C)C)c6ccccc65)cc(-n5c6ccccc6c6ccccc65)c4)cc32)c1. The van der Waals surface area contributed by atoms with Crippen molar-refractivity contribution in [3.63, 3.8) is 0 Å². The zero-order valence-corrected chi connectivity index (χ0v) is 39.7. The Morgan fingerprint density at radius 3 is 1.72 bits per heavy atom. The Morgan fingerprint density at radius 1 is 0.478 bits per heavy atom. The molecule has 0 radical (unpaired) electrons. The van der Waals surface area contributed by atoms with E-state index in [2.05, 4.69) is 224 Å². The van der Waals surface area contributed by atoms with Gasteiger partial charge in [0, 0.05) is 57.2 Å². The molecule has 6 nitrogen and oxygen atoms in total. The Balaban J connectivity index is 1.04. The Labute approximate surface area is 402 Å². The van der Waals surface area contributed by atoms with Crippen molar-refractivity contribution in [2.75, 3.05) is 16.5 Å². The van der Waals surface area contributed by atoms with E-state index in [4.69, 9.17) is 9.72 Å². The Morgan fingerprint density at radius 2 is 1.07 bits per heavy atom. The van der Waals surface area contributed by atoms with Gasteiger partial charge in [-0.05, 0) is 100 Å². The van der Waals surface area contributed by atoms with Crippen LogP contribution in [0.4, 0.5) is 27.1 Å². The number of nitrogens with zero attached hydrogens (tertiary/aromatic N) is 5. The topological polar surface area (TPSA) is 38.5 Å². The van der Waals surface area contributed by atoms with Crippen molar-refractivity contribution < 1.29 is 9.13 Å². The lowest BCUT2D eigenvalue weighted by Gasteiger charge is -2.32. The molecule has 0 aliphatic carbocycles. The molecule has 0 atom stereocenters. The smallest absolute Gasteiger partial charge is 0.137 e. The summed E-state index contributed by atoms with van der Waals surface area (Å²) in [6, 6.07) is 65.2. The molecular weight excluding hydrogens is 850 g/mol. The zero-order valence-electron chi connectivity index (χ0n) is 39.7. The fraction of sp³-hybridized carbons (Fsp3) is 0.145. The maximum Gasteiger partial charge on any atom is 0.137 e. The van der Waals surface area contributed by atoms with Crippen LogP contribution in [0.5, 0.6) is 11.5 Å². The van der Waals surface area contributed by atoms with E-state index in [-0.39, 0.29) is 16.6 Å². The lowest BCUT2D eigenvalue weighted by molar-refractivity contribution is 0.483. The van der Waals surface area contributed by atoms with Crippen LogP contribution in [0, 0.1) is 5.82 Å². The second kappa shape index (κ2) is 16.0. The van der Waals surface area contributed by atoms with Gasteiger partial charge in [-0.25, -0.2) is 9.37 Å². The fourth-order valence-electron chi connectivity index (χ4n) is 10.4. The van der Waals surface area contributed by atoms with Crippen LogP contribution in [-0.2, 0) is 10.8 Å². The van der Waals surface area contributed by atoms with E-state index in [1.165, 1.54) is 21.9 Å². The first-order valence-electron chi connectivity index (χ1n) is 23.7. The number of fused-ring (bicyclic) bond motifs is 7. The van der Waals surface area contributed by atoms with Gasteiger partial charge in [-0.3, -0.25) is 4.57 Å². The molecule has 7 heteroatoms. The van der Waals surface area contributed by atoms with Crippen LogP contribution in [0.2, 0.25) is 0 Å². The highest BCUT2D eigenvalue weighted by Gasteiger charge is 2.34. The minimum absolute atomic E-state index is 0.0441. The van der Waals surface area contributed by atoms with Crippen LogP contribution >= 0.6 is 0 Å². The van der Waals surface area contributed by atoms with Gasteiger partial charge < -0.3 is 19.1 Å². The van der Waals surface area contributed by atoms with E-state index >= 15 is 0 Å². The third-order valence-corrected chi connectivity index (χ3v) is 13.8. The minimum atomic E-state index is -0.253. The van der Waals surface area contributed by atoms with Crippen LogP contribution in [0.3, 0.4) is 0 Å². The van der Waals surface area contributed by atoms with Crippen molar-refractivity contribution in [2.45, 2.75) is 52.4 Å². The average molecular weight is 902 g/mol. The van der Waals surface area contributed by atoms with E-state index in [1.54, 1.807) is 12.1 Å². The molecular formula is C62H52FN5O. The van der Waals surface area contributed by atoms with Gasteiger partial charge in [0.05, 0.1) is 44.8 Å². The molecule has 11 aromatic rings. The summed E-state index contributed by atoms with van der Waals surface area (Å²) in [6.07, 6.45) is 1.92. The number of benzene rings is 8. The van der Waals surface area contributed by atoms with Crippen LogP contribution in [0.25, 0.3) is 66.2 Å². The first kappa shape index (κ1) is 42.2. The molecule has 1 aliphatic rings. The molecule has 3 aromatic heterocycles. The summed E-state index contributed by atoms with van der Waals surface area (Å²) >= 11 is 0. The van der Waals surface area contributed by atoms with E-state index in [0.29, 0.717) is 12.4 Å².